The minimum Gasteiger partial charge on any atom is -0.481 e. The predicted octanol–water partition coefficient (Wildman–Crippen LogP) is 2.44. The van der Waals surface area contributed by atoms with Gasteiger partial charge in [0.05, 0.1) is 11.6 Å². The summed E-state index contributed by atoms with van der Waals surface area (Å²) in [7, 11) is 0. The molecule has 21 heavy (non-hydrogen) atoms. The van der Waals surface area contributed by atoms with Gasteiger partial charge in [-0.15, -0.1) is 0 Å². The van der Waals surface area contributed by atoms with Gasteiger partial charge >= 0.3 is 5.97 Å². The first-order valence-electron chi connectivity index (χ1n) is 7.10. The Hall–Kier alpha value is -2.43. The third-order valence-corrected chi connectivity index (χ3v) is 3.84. The molecule has 1 aliphatic heterocycles. The van der Waals surface area contributed by atoms with E-state index in [0.717, 1.165) is 11.3 Å². The molecule has 5 nitrogen and oxygen atoms in total. The molecule has 2 heterocycles. The first kappa shape index (κ1) is 13.5. The number of aromatic nitrogens is 2. The Morgan fingerprint density at radius 3 is 2.52 bits per heavy atom. The summed E-state index contributed by atoms with van der Waals surface area (Å²) in [6.07, 6.45) is 3.05. The van der Waals surface area contributed by atoms with Crippen LogP contribution in [0, 0.1) is 5.92 Å². The highest BCUT2D eigenvalue weighted by Gasteiger charge is 2.25. The van der Waals surface area contributed by atoms with E-state index in [0.29, 0.717) is 31.9 Å². The van der Waals surface area contributed by atoms with Gasteiger partial charge < -0.3 is 10.0 Å². The number of benzene rings is 1. The lowest BCUT2D eigenvalue weighted by Crippen LogP contribution is -2.37. The monoisotopic (exact) mass is 283 g/mol. The number of carboxylic acid groups (broad SMARTS) is 1. The van der Waals surface area contributed by atoms with Gasteiger partial charge in [-0.05, 0) is 18.9 Å². The lowest BCUT2D eigenvalue weighted by atomic mass is 9.97. The van der Waals surface area contributed by atoms with Crippen molar-refractivity contribution < 1.29 is 9.90 Å². The maximum atomic E-state index is 11.0. The second-order valence-corrected chi connectivity index (χ2v) is 5.21. The van der Waals surface area contributed by atoms with E-state index >= 15 is 0 Å². The van der Waals surface area contributed by atoms with Gasteiger partial charge in [-0.1, -0.05) is 30.3 Å². The molecule has 1 aromatic heterocycles. The molecule has 0 atom stereocenters. The SMILES string of the molecule is O=C(O)C1CCN(c2nccc(-c3ccccc3)n2)CC1. The largest absolute Gasteiger partial charge is 0.481 e. The van der Waals surface area contributed by atoms with E-state index in [9.17, 15) is 4.79 Å². The van der Waals surface area contributed by atoms with E-state index in [-0.39, 0.29) is 5.92 Å². The lowest BCUT2D eigenvalue weighted by molar-refractivity contribution is -0.142. The number of hydrogen-bond acceptors (Lipinski definition) is 4. The van der Waals surface area contributed by atoms with Crippen molar-refractivity contribution in [3.8, 4) is 11.3 Å². The Labute approximate surface area is 123 Å². The molecule has 0 unspecified atom stereocenters. The van der Waals surface area contributed by atoms with Crippen LogP contribution in [0.2, 0.25) is 0 Å². The zero-order chi connectivity index (χ0) is 14.7. The molecular formula is C16H17N3O2. The first-order chi connectivity index (χ1) is 10.2. The van der Waals surface area contributed by atoms with Gasteiger partial charge in [0.15, 0.2) is 0 Å². The summed E-state index contributed by atoms with van der Waals surface area (Å²) >= 11 is 0. The van der Waals surface area contributed by atoms with Crippen LogP contribution in [-0.2, 0) is 4.79 Å². The molecule has 0 saturated carbocycles. The molecule has 0 aliphatic carbocycles. The van der Waals surface area contributed by atoms with Crippen molar-refractivity contribution in [2.24, 2.45) is 5.92 Å². The van der Waals surface area contributed by atoms with Crippen LogP contribution in [0.3, 0.4) is 0 Å². The Kier molecular flexibility index (Phi) is 3.81. The van der Waals surface area contributed by atoms with Crippen molar-refractivity contribution in [2.45, 2.75) is 12.8 Å². The average Bonchev–Trinajstić information content (AvgIpc) is 2.56. The standard InChI is InChI=1S/C16H17N3O2/c20-15(21)13-7-10-19(11-8-13)16-17-9-6-14(18-16)12-4-2-1-3-5-12/h1-6,9,13H,7-8,10-11H2,(H,20,21). The first-order valence-corrected chi connectivity index (χ1v) is 7.10. The van der Waals surface area contributed by atoms with Crippen molar-refractivity contribution in [1.82, 2.24) is 9.97 Å². The van der Waals surface area contributed by atoms with Crippen LogP contribution in [0.25, 0.3) is 11.3 Å². The summed E-state index contributed by atoms with van der Waals surface area (Å²) in [6, 6.07) is 11.9. The summed E-state index contributed by atoms with van der Waals surface area (Å²) in [4.78, 5) is 22.0. The number of rotatable bonds is 3. The molecule has 1 N–H and O–H groups in total. The third-order valence-electron chi connectivity index (χ3n) is 3.84. The Morgan fingerprint density at radius 1 is 1.14 bits per heavy atom. The Morgan fingerprint density at radius 2 is 1.86 bits per heavy atom. The summed E-state index contributed by atoms with van der Waals surface area (Å²) < 4.78 is 0. The molecule has 1 aromatic carbocycles. The Bertz CT molecular complexity index is 622. The molecule has 0 spiro atoms. The van der Waals surface area contributed by atoms with E-state index in [1.807, 2.05) is 36.4 Å². The van der Waals surface area contributed by atoms with Crippen LogP contribution in [0.1, 0.15) is 12.8 Å². The molecule has 1 saturated heterocycles. The second kappa shape index (κ2) is 5.91. The molecular weight excluding hydrogens is 266 g/mol. The Balaban J connectivity index is 1.77. The van der Waals surface area contributed by atoms with Gasteiger partial charge in [0.25, 0.3) is 0 Å². The van der Waals surface area contributed by atoms with Crippen LogP contribution in [0.4, 0.5) is 5.95 Å². The molecule has 0 amide bonds. The number of anilines is 1. The highest BCUT2D eigenvalue weighted by atomic mass is 16.4. The van der Waals surface area contributed by atoms with Crippen LogP contribution in [-0.4, -0.2) is 34.1 Å². The van der Waals surface area contributed by atoms with Crippen LogP contribution in [0.5, 0.6) is 0 Å². The van der Waals surface area contributed by atoms with E-state index in [2.05, 4.69) is 14.9 Å². The topological polar surface area (TPSA) is 66.3 Å². The van der Waals surface area contributed by atoms with Gasteiger partial charge in [0.2, 0.25) is 5.95 Å². The second-order valence-electron chi connectivity index (χ2n) is 5.21. The maximum Gasteiger partial charge on any atom is 0.306 e. The maximum absolute atomic E-state index is 11.0. The number of carboxylic acids is 1. The minimum absolute atomic E-state index is 0.237. The van der Waals surface area contributed by atoms with E-state index < -0.39 is 5.97 Å². The summed E-state index contributed by atoms with van der Waals surface area (Å²) in [5, 5.41) is 9.04. The van der Waals surface area contributed by atoms with E-state index in [1.54, 1.807) is 6.20 Å². The summed E-state index contributed by atoms with van der Waals surface area (Å²) in [5.41, 5.74) is 1.95. The smallest absolute Gasteiger partial charge is 0.306 e. The molecule has 108 valence electrons. The number of nitrogens with zero attached hydrogens (tertiary/aromatic N) is 3. The van der Waals surface area contributed by atoms with Crippen molar-refractivity contribution in [2.75, 3.05) is 18.0 Å². The number of piperidine rings is 1. The highest BCUT2D eigenvalue weighted by molar-refractivity contribution is 5.70. The predicted molar refractivity (Wildman–Crippen MR) is 80.0 cm³/mol. The van der Waals surface area contributed by atoms with Crippen molar-refractivity contribution in [3.63, 3.8) is 0 Å². The molecule has 1 aliphatic rings. The third kappa shape index (κ3) is 3.02. The van der Waals surface area contributed by atoms with Crippen LogP contribution in [0.15, 0.2) is 42.6 Å². The van der Waals surface area contributed by atoms with E-state index in [4.69, 9.17) is 5.11 Å². The van der Waals surface area contributed by atoms with Crippen molar-refractivity contribution in [1.29, 1.82) is 0 Å². The summed E-state index contributed by atoms with van der Waals surface area (Å²) in [5.74, 6) is -0.257. The molecule has 1 fully saturated rings. The van der Waals surface area contributed by atoms with Crippen LogP contribution < -0.4 is 4.90 Å². The van der Waals surface area contributed by atoms with Gasteiger partial charge in [0.1, 0.15) is 0 Å². The number of aliphatic carboxylic acids is 1. The fourth-order valence-electron chi connectivity index (χ4n) is 2.60. The fraction of sp³-hybridized carbons (Fsp3) is 0.312. The van der Waals surface area contributed by atoms with Gasteiger partial charge in [0, 0.05) is 24.8 Å². The molecule has 0 bridgehead atoms. The van der Waals surface area contributed by atoms with Crippen molar-refractivity contribution >= 4 is 11.9 Å². The minimum atomic E-state index is -0.700. The number of hydrogen-bond donors (Lipinski definition) is 1. The number of carbonyl (C=O) groups is 1. The van der Waals surface area contributed by atoms with Gasteiger partial charge in [-0.2, -0.15) is 0 Å². The highest BCUT2D eigenvalue weighted by Crippen LogP contribution is 2.23. The quantitative estimate of drug-likeness (QED) is 0.937. The fourth-order valence-corrected chi connectivity index (χ4v) is 2.60. The van der Waals surface area contributed by atoms with E-state index in [1.165, 1.54) is 0 Å². The molecule has 2 aromatic rings. The molecule has 0 radical (unpaired) electrons. The average molecular weight is 283 g/mol. The van der Waals surface area contributed by atoms with Gasteiger partial charge in [-0.25, -0.2) is 9.97 Å². The molecule has 5 heteroatoms. The van der Waals surface area contributed by atoms with Crippen LogP contribution >= 0.6 is 0 Å². The molecule has 3 rings (SSSR count). The van der Waals surface area contributed by atoms with Gasteiger partial charge in [-0.3, -0.25) is 4.79 Å². The normalized spacial score (nSPS) is 15.9. The van der Waals surface area contributed by atoms with Crippen molar-refractivity contribution in [3.05, 3.63) is 42.6 Å². The zero-order valence-corrected chi connectivity index (χ0v) is 11.6. The zero-order valence-electron chi connectivity index (χ0n) is 11.6. The lowest BCUT2D eigenvalue weighted by Gasteiger charge is -2.30. The summed E-state index contributed by atoms with van der Waals surface area (Å²) in [6.45, 7) is 1.38.